The van der Waals surface area contributed by atoms with Crippen molar-refractivity contribution in [2.24, 2.45) is 0 Å². The average molecular weight is 294 g/mol. The Morgan fingerprint density at radius 1 is 1.05 bits per heavy atom. The lowest BCUT2D eigenvalue weighted by atomic mass is 9.95. The predicted molar refractivity (Wildman–Crippen MR) is 82.0 cm³/mol. The van der Waals surface area contributed by atoms with Crippen molar-refractivity contribution >= 4 is 11.9 Å². The first-order valence-electron chi connectivity index (χ1n) is 6.82. The van der Waals surface area contributed by atoms with Gasteiger partial charge in [-0.15, -0.1) is 0 Å². The zero-order valence-electron chi connectivity index (χ0n) is 11.7. The summed E-state index contributed by atoms with van der Waals surface area (Å²) in [6.07, 6.45) is 3.20. The highest BCUT2D eigenvalue weighted by Gasteiger charge is 2.20. The molecule has 0 amide bonds. The Labute approximate surface area is 127 Å². The van der Waals surface area contributed by atoms with Crippen LogP contribution in [0.15, 0.2) is 72.0 Å². The average Bonchev–Trinajstić information content (AvgIpc) is 3.09. The van der Waals surface area contributed by atoms with Crippen molar-refractivity contribution in [2.75, 3.05) is 6.61 Å². The van der Waals surface area contributed by atoms with Crippen LogP contribution in [-0.2, 0) is 9.78 Å². The summed E-state index contributed by atoms with van der Waals surface area (Å²) < 4.78 is 0. The van der Waals surface area contributed by atoms with Crippen molar-refractivity contribution in [1.29, 1.82) is 0 Å². The molecule has 0 aromatic heterocycles. The summed E-state index contributed by atoms with van der Waals surface area (Å²) in [4.78, 5) is 22.4. The minimum absolute atomic E-state index is 0.103. The lowest BCUT2D eigenvalue weighted by Crippen LogP contribution is -2.07. The van der Waals surface area contributed by atoms with Gasteiger partial charge in [0, 0.05) is 16.7 Å². The van der Waals surface area contributed by atoms with E-state index in [0.29, 0.717) is 16.7 Å². The van der Waals surface area contributed by atoms with Crippen LogP contribution >= 0.6 is 0 Å². The van der Waals surface area contributed by atoms with Crippen molar-refractivity contribution in [3.63, 3.8) is 0 Å². The SMILES string of the molecule is O=C(C(=Cc1ccc(O)cc1)C1=COOC1)c1ccccc1. The molecule has 0 saturated carbocycles. The molecule has 1 heterocycles. The van der Waals surface area contributed by atoms with E-state index in [1.165, 1.54) is 6.26 Å². The molecule has 1 N–H and O–H groups in total. The van der Waals surface area contributed by atoms with Crippen LogP contribution in [0.1, 0.15) is 15.9 Å². The number of carbonyl (C=O) groups excluding carboxylic acids is 1. The van der Waals surface area contributed by atoms with Gasteiger partial charge >= 0.3 is 0 Å². The van der Waals surface area contributed by atoms with Gasteiger partial charge in [-0.2, -0.15) is 4.89 Å². The molecule has 2 aromatic rings. The maximum absolute atomic E-state index is 12.7. The highest BCUT2D eigenvalue weighted by Crippen LogP contribution is 2.24. The van der Waals surface area contributed by atoms with Crippen LogP contribution in [0, 0.1) is 0 Å². The fourth-order valence-corrected chi connectivity index (χ4v) is 2.15. The fraction of sp³-hybridized carbons (Fsp3) is 0.0556. The van der Waals surface area contributed by atoms with E-state index in [0.717, 1.165) is 5.56 Å². The molecule has 0 aliphatic carbocycles. The summed E-state index contributed by atoms with van der Waals surface area (Å²) in [6, 6.07) is 15.7. The number of aromatic hydroxyl groups is 1. The molecule has 0 saturated heterocycles. The molecule has 1 aliphatic rings. The number of phenols is 1. The normalized spacial score (nSPS) is 14.4. The molecule has 4 heteroatoms. The Bertz CT molecular complexity index is 727. The van der Waals surface area contributed by atoms with E-state index in [4.69, 9.17) is 9.78 Å². The van der Waals surface area contributed by atoms with Gasteiger partial charge < -0.3 is 9.99 Å². The molecule has 0 atom stereocenters. The standard InChI is InChI=1S/C18H14O4/c19-16-8-6-13(7-9-16)10-17(15-11-21-22-12-15)18(20)14-4-2-1-3-5-14/h1-11,19H,12H2. The van der Waals surface area contributed by atoms with Crippen molar-refractivity contribution < 1.29 is 19.7 Å². The largest absolute Gasteiger partial charge is 0.508 e. The second-order valence-corrected chi connectivity index (χ2v) is 4.85. The maximum Gasteiger partial charge on any atom is 0.193 e. The molecule has 0 fully saturated rings. The molecule has 0 bridgehead atoms. The van der Waals surface area contributed by atoms with Crippen LogP contribution < -0.4 is 0 Å². The van der Waals surface area contributed by atoms with Gasteiger partial charge in [0.15, 0.2) is 5.78 Å². The first-order chi connectivity index (χ1) is 10.7. The molecule has 0 spiro atoms. The Balaban J connectivity index is 2.00. The Kier molecular flexibility index (Phi) is 4.03. The third kappa shape index (κ3) is 3.07. The summed E-state index contributed by atoms with van der Waals surface area (Å²) in [6.45, 7) is 0.225. The summed E-state index contributed by atoms with van der Waals surface area (Å²) in [5.74, 6) is 0.0776. The van der Waals surface area contributed by atoms with Gasteiger partial charge in [0.1, 0.15) is 18.6 Å². The van der Waals surface area contributed by atoms with E-state index in [1.807, 2.05) is 18.2 Å². The second-order valence-electron chi connectivity index (χ2n) is 4.85. The van der Waals surface area contributed by atoms with Crippen LogP contribution in [0.5, 0.6) is 5.75 Å². The monoisotopic (exact) mass is 294 g/mol. The summed E-state index contributed by atoms with van der Waals surface area (Å²) in [7, 11) is 0. The number of carbonyl (C=O) groups is 1. The van der Waals surface area contributed by atoms with Crippen LogP contribution in [0.4, 0.5) is 0 Å². The molecule has 22 heavy (non-hydrogen) atoms. The van der Waals surface area contributed by atoms with Crippen LogP contribution in [0.25, 0.3) is 6.08 Å². The summed E-state index contributed by atoms with van der Waals surface area (Å²) >= 11 is 0. The van der Waals surface area contributed by atoms with Gasteiger partial charge in [-0.1, -0.05) is 42.5 Å². The third-order valence-electron chi connectivity index (χ3n) is 3.30. The number of benzene rings is 2. The predicted octanol–water partition coefficient (Wildman–Crippen LogP) is 3.50. The van der Waals surface area contributed by atoms with Crippen molar-refractivity contribution in [3.05, 3.63) is 83.1 Å². The molecular weight excluding hydrogens is 280 g/mol. The van der Waals surface area contributed by atoms with Gasteiger partial charge in [-0.3, -0.25) is 4.79 Å². The topological polar surface area (TPSA) is 55.8 Å². The quantitative estimate of drug-likeness (QED) is 0.532. The number of phenolic OH excluding ortho intramolecular Hbond substituents is 1. The van der Waals surface area contributed by atoms with Gasteiger partial charge in [0.05, 0.1) is 0 Å². The van der Waals surface area contributed by atoms with Gasteiger partial charge in [-0.25, -0.2) is 0 Å². The van der Waals surface area contributed by atoms with Crippen molar-refractivity contribution in [3.8, 4) is 5.75 Å². The van der Waals surface area contributed by atoms with E-state index < -0.39 is 0 Å². The Morgan fingerprint density at radius 3 is 2.41 bits per heavy atom. The first kappa shape index (κ1) is 14.1. The van der Waals surface area contributed by atoms with Crippen LogP contribution in [-0.4, -0.2) is 17.5 Å². The number of hydrogen-bond acceptors (Lipinski definition) is 4. The molecule has 4 nitrogen and oxygen atoms in total. The first-order valence-corrected chi connectivity index (χ1v) is 6.82. The van der Waals surface area contributed by atoms with E-state index in [1.54, 1.807) is 42.5 Å². The number of rotatable bonds is 4. The summed E-state index contributed by atoms with van der Waals surface area (Å²) in [5, 5.41) is 9.35. The summed E-state index contributed by atoms with van der Waals surface area (Å²) in [5.41, 5.74) is 2.60. The minimum Gasteiger partial charge on any atom is -0.508 e. The fourth-order valence-electron chi connectivity index (χ4n) is 2.15. The minimum atomic E-state index is -0.103. The second kappa shape index (κ2) is 6.28. The van der Waals surface area contributed by atoms with Gasteiger partial charge in [0.2, 0.25) is 0 Å². The van der Waals surface area contributed by atoms with Crippen LogP contribution in [0.2, 0.25) is 0 Å². The zero-order valence-corrected chi connectivity index (χ0v) is 11.7. The van der Waals surface area contributed by atoms with E-state index in [2.05, 4.69) is 0 Å². The lowest BCUT2D eigenvalue weighted by Gasteiger charge is -2.07. The van der Waals surface area contributed by atoms with Crippen LogP contribution in [0.3, 0.4) is 0 Å². The van der Waals surface area contributed by atoms with Crippen molar-refractivity contribution in [1.82, 2.24) is 0 Å². The van der Waals surface area contributed by atoms with Gasteiger partial charge in [0.25, 0.3) is 0 Å². The molecule has 3 rings (SSSR count). The van der Waals surface area contributed by atoms with E-state index in [-0.39, 0.29) is 18.1 Å². The zero-order chi connectivity index (χ0) is 15.4. The molecular formula is C18H14O4. The molecule has 0 unspecified atom stereocenters. The molecule has 110 valence electrons. The lowest BCUT2D eigenvalue weighted by molar-refractivity contribution is -0.221. The van der Waals surface area contributed by atoms with Crippen molar-refractivity contribution in [2.45, 2.75) is 0 Å². The van der Waals surface area contributed by atoms with E-state index >= 15 is 0 Å². The number of Topliss-reactive ketones (excluding diaryl/α,β-unsaturated/α-hetero) is 1. The third-order valence-corrected chi connectivity index (χ3v) is 3.30. The highest BCUT2D eigenvalue weighted by molar-refractivity contribution is 6.14. The maximum atomic E-state index is 12.7. The van der Waals surface area contributed by atoms with Gasteiger partial charge in [-0.05, 0) is 23.8 Å². The number of ketones is 1. The highest BCUT2D eigenvalue weighted by atomic mass is 17.2. The number of hydrogen-bond donors (Lipinski definition) is 1. The Hall–Kier alpha value is -2.85. The molecule has 2 aromatic carbocycles. The Morgan fingerprint density at radius 2 is 1.77 bits per heavy atom. The van der Waals surface area contributed by atoms with E-state index in [9.17, 15) is 9.90 Å². The molecule has 0 radical (unpaired) electrons. The molecule has 1 aliphatic heterocycles. The smallest absolute Gasteiger partial charge is 0.193 e.